The van der Waals surface area contributed by atoms with Gasteiger partial charge in [-0.25, -0.2) is 13.8 Å². The molecule has 1 aliphatic rings. The molecule has 30 heavy (non-hydrogen) atoms. The van der Waals surface area contributed by atoms with Crippen molar-refractivity contribution < 1.29 is 17.6 Å². The summed E-state index contributed by atoms with van der Waals surface area (Å²) < 4.78 is 33.8. The Morgan fingerprint density at radius 1 is 1.20 bits per heavy atom. The molecule has 1 saturated carbocycles. The van der Waals surface area contributed by atoms with Gasteiger partial charge in [0, 0.05) is 6.04 Å². The summed E-state index contributed by atoms with van der Waals surface area (Å²) in [4.78, 5) is 12.9. The Balaban J connectivity index is 1.86. The molecule has 1 heterocycles. The standard InChI is InChI=1S/C22H29N3O4S/c1-16-12-17(2)22(18(3)13-16)30(27,28)25(19-8-5-4-6-9-19)15-21(26)24-23-14-20-10-7-11-29-20/h7,10-14,19H,4-6,8-9,15H2,1-3H3,(H,24,26). The normalized spacial score (nSPS) is 15.7. The van der Waals surface area contributed by atoms with Gasteiger partial charge in [-0.05, 0) is 56.9 Å². The van der Waals surface area contributed by atoms with Crippen LogP contribution in [0.25, 0.3) is 0 Å². The Labute approximate surface area is 178 Å². The predicted octanol–water partition coefficient (Wildman–Crippen LogP) is 3.68. The number of benzene rings is 1. The lowest BCUT2D eigenvalue weighted by molar-refractivity contribution is -0.121. The number of carbonyl (C=O) groups is 1. The molecule has 7 nitrogen and oxygen atoms in total. The molecule has 0 spiro atoms. The van der Waals surface area contributed by atoms with Crippen LogP contribution >= 0.6 is 0 Å². The molecule has 1 fully saturated rings. The minimum Gasteiger partial charge on any atom is -0.463 e. The number of hydrogen-bond donors (Lipinski definition) is 1. The molecule has 0 bridgehead atoms. The Morgan fingerprint density at radius 2 is 1.87 bits per heavy atom. The van der Waals surface area contributed by atoms with Crippen molar-refractivity contribution in [2.75, 3.05) is 6.54 Å². The molecule has 0 saturated heterocycles. The van der Waals surface area contributed by atoms with E-state index < -0.39 is 15.9 Å². The van der Waals surface area contributed by atoms with E-state index >= 15 is 0 Å². The average Bonchev–Trinajstić information content (AvgIpc) is 3.19. The molecule has 0 radical (unpaired) electrons. The smallest absolute Gasteiger partial charge is 0.255 e. The molecule has 1 amide bonds. The lowest BCUT2D eigenvalue weighted by atomic mass is 9.95. The van der Waals surface area contributed by atoms with Crippen LogP contribution in [0.1, 0.15) is 54.6 Å². The van der Waals surface area contributed by atoms with Crippen LogP contribution in [0, 0.1) is 20.8 Å². The highest BCUT2D eigenvalue weighted by Gasteiger charge is 2.35. The van der Waals surface area contributed by atoms with Gasteiger partial charge in [-0.2, -0.15) is 9.41 Å². The molecule has 0 unspecified atom stereocenters. The third kappa shape index (κ3) is 5.17. The van der Waals surface area contributed by atoms with E-state index in [4.69, 9.17) is 4.42 Å². The van der Waals surface area contributed by atoms with E-state index in [0.717, 1.165) is 37.7 Å². The summed E-state index contributed by atoms with van der Waals surface area (Å²) in [7, 11) is -3.84. The van der Waals surface area contributed by atoms with Crippen LogP contribution < -0.4 is 5.43 Å². The second-order valence-electron chi connectivity index (χ2n) is 7.88. The molecule has 1 N–H and O–H groups in total. The summed E-state index contributed by atoms with van der Waals surface area (Å²) in [6, 6.07) is 6.97. The minimum atomic E-state index is -3.84. The van der Waals surface area contributed by atoms with E-state index in [-0.39, 0.29) is 12.6 Å². The molecular weight excluding hydrogens is 402 g/mol. The summed E-state index contributed by atoms with van der Waals surface area (Å²) in [6.45, 7) is 5.29. The molecule has 1 aromatic carbocycles. The van der Waals surface area contributed by atoms with Gasteiger partial charge in [-0.15, -0.1) is 0 Å². The van der Waals surface area contributed by atoms with Crippen LogP contribution in [0.3, 0.4) is 0 Å². The predicted molar refractivity (Wildman–Crippen MR) is 116 cm³/mol. The number of rotatable bonds is 7. The SMILES string of the molecule is Cc1cc(C)c(S(=O)(=O)N(CC(=O)NN=Cc2ccco2)C2CCCCC2)c(C)c1. The third-order valence-electron chi connectivity index (χ3n) is 5.38. The Hall–Kier alpha value is -2.45. The molecule has 1 aromatic heterocycles. The Morgan fingerprint density at radius 3 is 2.47 bits per heavy atom. The van der Waals surface area contributed by atoms with Gasteiger partial charge >= 0.3 is 0 Å². The van der Waals surface area contributed by atoms with Crippen molar-refractivity contribution in [3.63, 3.8) is 0 Å². The average molecular weight is 432 g/mol. The minimum absolute atomic E-state index is 0.191. The summed E-state index contributed by atoms with van der Waals surface area (Å²) in [5.41, 5.74) is 4.83. The topological polar surface area (TPSA) is 92.0 Å². The zero-order valence-corrected chi connectivity index (χ0v) is 18.5. The second-order valence-corrected chi connectivity index (χ2v) is 9.71. The van der Waals surface area contributed by atoms with Crippen LogP contribution in [-0.2, 0) is 14.8 Å². The van der Waals surface area contributed by atoms with E-state index in [2.05, 4.69) is 10.5 Å². The quantitative estimate of drug-likeness (QED) is 0.535. The van der Waals surface area contributed by atoms with Gasteiger partial charge in [0.15, 0.2) is 0 Å². The molecular formula is C22H29N3O4S. The van der Waals surface area contributed by atoms with Crippen LogP contribution in [0.2, 0.25) is 0 Å². The molecule has 162 valence electrons. The van der Waals surface area contributed by atoms with Gasteiger partial charge < -0.3 is 4.42 Å². The van der Waals surface area contributed by atoms with E-state index in [1.807, 2.05) is 19.1 Å². The fourth-order valence-corrected chi connectivity index (χ4v) is 6.24. The highest BCUT2D eigenvalue weighted by atomic mass is 32.2. The number of aryl methyl sites for hydroxylation is 3. The van der Waals surface area contributed by atoms with Crippen LogP contribution in [0.15, 0.2) is 44.9 Å². The van der Waals surface area contributed by atoms with Gasteiger partial charge in [0.2, 0.25) is 10.0 Å². The number of furan rings is 1. The summed E-state index contributed by atoms with van der Waals surface area (Å²) in [5.74, 6) is 0.0207. The van der Waals surface area contributed by atoms with E-state index in [1.54, 1.807) is 26.0 Å². The van der Waals surface area contributed by atoms with E-state index in [9.17, 15) is 13.2 Å². The molecule has 8 heteroatoms. The lowest BCUT2D eigenvalue weighted by Crippen LogP contribution is -2.46. The summed E-state index contributed by atoms with van der Waals surface area (Å²) in [6.07, 6.45) is 7.41. The molecule has 2 aromatic rings. The first kappa shape index (κ1) is 22.2. The lowest BCUT2D eigenvalue weighted by Gasteiger charge is -2.33. The summed E-state index contributed by atoms with van der Waals surface area (Å²) >= 11 is 0. The molecule has 1 aliphatic carbocycles. The number of sulfonamides is 1. The number of amides is 1. The maximum atomic E-state index is 13.7. The highest BCUT2D eigenvalue weighted by molar-refractivity contribution is 7.89. The van der Waals surface area contributed by atoms with Crippen LogP contribution in [0.5, 0.6) is 0 Å². The first-order valence-corrected chi connectivity index (χ1v) is 11.7. The van der Waals surface area contributed by atoms with Crippen molar-refractivity contribution in [2.24, 2.45) is 5.10 Å². The molecule has 0 aliphatic heterocycles. The van der Waals surface area contributed by atoms with Gasteiger partial charge in [0.1, 0.15) is 5.76 Å². The number of hydrogen-bond acceptors (Lipinski definition) is 5. The van der Waals surface area contributed by atoms with Crippen LogP contribution in [-0.4, -0.2) is 37.4 Å². The first-order chi connectivity index (χ1) is 14.3. The monoisotopic (exact) mass is 431 g/mol. The van der Waals surface area contributed by atoms with Gasteiger partial charge in [0.05, 0.1) is 23.9 Å². The van der Waals surface area contributed by atoms with Gasteiger partial charge in [-0.3, -0.25) is 4.79 Å². The molecule has 0 atom stereocenters. The van der Waals surface area contributed by atoms with Crippen molar-refractivity contribution in [1.29, 1.82) is 0 Å². The van der Waals surface area contributed by atoms with Gasteiger partial charge in [-0.1, -0.05) is 37.0 Å². The number of nitrogens with one attached hydrogen (secondary N) is 1. The van der Waals surface area contributed by atoms with Crippen LogP contribution in [0.4, 0.5) is 0 Å². The maximum absolute atomic E-state index is 13.7. The third-order valence-corrected chi connectivity index (χ3v) is 7.58. The zero-order chi connectivity index (χ0) is 21.7. The van der Waals surface area contributed by atoms with Crippen molar-refractivity contribution in [3.8, 4) is 0 Å². The Bertz CT molecular complexity index is 984. The first-order valence-electron chi connectivity index (χ1n) is 10.2. The van der Waals surface area contributed by atoms with Crippen molar-refractivity contribution in [1.82, 2.24) is 9.73 Å². The van der Waals surface area contributed by atoms with E-state index in [0.29, 0.717) is 21.8 Å². The number of nitrogens with zero attached hydrogens (tertiary/aromatic N) is 2. The fraction of sp³-hybridized carbons (Fsp3) is 0.455. The maximum Gasteiger partial charge on any atom is 0.255 e. The summed E-state index contributed by atoms with van der Waals surface area (Å²) in [5, 5.41) is 3.87. The van der Waals surface area contributed by atoms with E-state index in [1.165, 1.54) is 16.8 Å². The highest BCUT2D eigenvalue weighted by Crippen LogP contribution is 2.31. The Kier molecular flexibility index (Phi) is 7.10. The zero-order valence-electron chi connectivity index (χ0n) is 17.7. The number of carbonyl (C=O) groups excluding carboxylic acids is 1. The van der Waals surface area contributed by atoms with Gasteiger partial charge in [0.25, 0.3) is 5.91 Å². The van der Waals surface area contributed by atoms with Crippen molar-refractivity contribution in [2.45, 2.75) is 63.8 Å². The second kappa shape index (κ2) is 9.57. The number of hydrazone groups is 1. The molecule has 3 rings (SSSR count). The van der Waals surface area contributed by atoms with Crippen molar-refractivity contribution in [3.05, 3.63) is 53.0 Å². The fourth-order valence-electron chi connectivity index (χ4n) is 4.18. The largest absolute Gasteiger partial charge is 0.463 e. The van der Waals surface area contributed by atoms with Crippen molar-refractivity contribution >= 4 is 22.1 Å².